The molecule has 2 aromatic carbocycles. The third-order valence-corrected chi connectivity index (χ3v) is 3.74. The molecule has 0 aromatic heterocycles. The molecular weight excluding hydrogens is 393 g/mol. The molecule has 0 atom stereocenters. The molecule has 144 valence electrons. The van der Waals surface area contributed by atoms with Crippen molar-refractivity contribution < 1.29 is 18.7 Å². The van der Waals surface area contributed by atoms with E-state index in [1.54, 1.807) is 12.1 Å². The molecule has 27 heavy (non-hydrogen) atoms. The van der Waals surface area contributed by atoms with Gasteiger partial charge in [-0.1, -0.05) is 23.7 Å². The molecule has 0 aliphatic rings. The van der Waals surface area contributed by atoms with Gasteiger partial charge >= 0.3 is 0 Å². The Kier molecular flexibility index (Phi) is 7.20. The van der Waals surface area contributed by atoms with Crippen LogP contribution < -0.4 is 25.6 Å². The maximum atomic E-state index is 13.6. The van der Waals surface area contributed by atoms with Crippen LogP contribution in [-0.2, 0) is 0 Å². The van der Waals surface area contributed by atoms with Crippen molar-refractivity contribution >= 4 is 40.5 Å². The monoisotopic (exact) mass is 411 g/mol. The molecule has 0 heterocycles. The zero-order valence-corrected chi connectivity index (χ0v) is 16.5. The normalized spacial score (nSPS) is 10.3. The number of carbonyl (C=O) groups is 1. The van der Waals surface area contributed by atoms with Crippen LogP contribution in [0.15, 0.2) is 36.4 Å². The zero-order valence-electron chi connectivity index (χ0n) is 14.9. The Morgan fingerprint density at radius 1 is 1.22 bits per heavy atom. The van der Waals surface area contributed by atoms with Gasteiger partial charge in [0.1, 0.15) is 5.82 Å². The van der Waals surface area contributed by atoms with Crippen molar-refractivity contribution in [3.63, 3.8) is 0 Å². The number of rotatable bonds is 5. The van der Waals surface area contributed by atoms with Gasteiger partial charge in [-0.3, -0.25) is 15.6 Å². The number of anilines is 1. The first-order chi connectivity index (χ1) is 12.8. The van der Waals surface area contributed by atoms with E-state index in [2.05, 4.69) is 16.2 Å². The van der Waals surface area contributed by atoms with Crippen LogP contribution in [0.5, 0.6) is 11.5 Å². The topological polar surface area (TPSA) is 71.6 Å². The summed E-state index contributed by atoms with van der Waals surface area (Å²) in [5.74, 6) is -0.293. The van der Waals surface area contributed by atoms with Crippen LogP contribution in [0.25, 0.3) is 0 Å². The van der Waals surface area contributed by atoms with Crippen molar-refractivity contribution in [3.05, 3.63) is 52.8 Å². The fraction of sp³-hybridized carbons (Fsp3) is 0.222. The van der Waals surface area contributed by atoms with Gasteiger partial charge in [-0.05, 0) is 50.3 Å². The van der Waals surface area contributed by atoms with Crippen LogP contribution in [-0.4, -0.2) is 24.2 Å². The minimum Gasteiger partial charge on any atom is -0.493 e. The second kappa shape index (κ2) is 9.38. The Hall–Kier alpha value is -2.58. The summed E-state index contributed by atoms with van der Waals surface area (Å²) in [4.78, 5) is 12.3. The van der Waals surface area contributed by atoms with Gasteiger partial charge < -0.3 is 14.8 Å². The van der Waals surface area contributed by atoms with Crippen LogP contribution in [0.4, 0.5) is 10.1 Å². The number of amides is 1. The Labute approximate surface area is 167 Å². The first kappa shape index (κ1) is 20.7. The van der Waals surface area contributed by atoms with Crippen molar-refractivity contribution in [2.24, 2.45) is 0 Å². The van der Waals surface area contributed by atoms with E-state index in [9.17, 15) is 9.18 Å². The summed E-state index contributed by atoms with van der Waals surface area (Å²) in [5.41, 5.74) is 5.32. The lowest BCUT2D eigenvalue weighted by Crippen LogP contribution is -2.43. The largest absolute Gasteiger partial charge is 0.493 e. The van der Waals surface area contributed by atoms with Crippen molar-refractivity contribution in [3.8, 4) is 11.5 Å². The van der Waals surface area contributed by atoms with Gasteiger partial charge in [0.2, 0.25) is 0 Å². The minimum absolute atomic E-state index is 0.0197. The standard InChI is InChI=1S/C18H19ClFN3O3S/c1-10(2)26-16-12(19)8-11(9-15(16)25-3)17(24)22-23-18(27)21-14-7-5-4-6-13(14)20/h4-10H,1-3H3,(H,22,24)(H2,21,23,27). The van der Waals surface area contributed by atoms with Gasteiger partial charge in [-0.25, -0.2) is 4.39 Å². The summed E-state index contributed by atoms with van der Waals surface area (Å²) >= 11 is 11.2. The Morgan fingerprint density at radius 3 is 2.56 bits per heavy atom. The molecule has 1 amide bonds. The molecule has 9 heteroatoms. The molecule has 0 aliphatic heterocycles. The number of para-hydroxylation sites is 1. The number of nitrogens with one attached hydrogen (secondary N) is 3. The van der Waals surface area contributed by atoms with E-state index in [1.807, 2.05) is 13.8 Å². The van der Waals surface area contributed by atoms with Crippen molar-refractivity contribution in [1.82, 2.24) is 10.9 Å². The highest BCUT2D eigenvalue weighted by Gasteiger charge is 2.17. The second-order valence-electron chi connectivity index (χ2n) is 5.67. The molecule has 0 spiro atoms. The smallest absolute Gasteiger partial charge is 0.269 e. The third kappa shape index (κ3) is 5.70. The predicted octanol–water partition coefficient (Wildman–Crippen LogP) is 3.91. The van der Waals surface area contributed by atoms with Gasteiger partial charge in [-0.2, -0.15) is 0 Å². The summed E-state index contributed by atoms with van der Waals surface area (Å²) in [6.07, 6.45) is -0.112. The molecule has 0 saturated heterocycles. The van der Waals surface area contributed by atoms with E-state index in [0.717, 1.165) is 0 Å². The summed E-state index contributed by atoms with van der Waals surface area (Å²) < 4.78 is 24.4. The van der Waals surface area contributed by atoms with Crippen molar-refractivity contribution in [1.29, 1.82) is 0 Å². The summed E-state index contributed by atoms with van der Waals surface area (Å²) in [5, 5.41) is 2.90. The highest BCUT2D eigenvalue weighted by atomic mass is 35.5. The molecule has 0 bridgehead atoms. The van der Waals surface area contributed by atoms with Gasteiger partial charge in [0.15, 0.2) is 16.6 Å². The van der Waals surface area contributed by atoms with Crippen LogP contribution in [0, 0.1) is 5.82 Å². The lowest BCUT2D eigenvalue weighted by molar-refractivity contribution is 0.0943. The van der Waals surface area contributed by atoms with E-state index in [-0.39, 0.29) is 27.5 Å². The quantitative estimate of drug-likeness (QED) is 0.512. The predicted molar refractivity (Wildman–Crippen MR) is 107 cm³/mol. The number of hydrogen-bond donors (Lipinski definition) is 3. The van der Waals surface area contributed by atoms with Crippen LogP contribution in [0.3, 0.4) is 0 Å². The van der Waals surface area contributed by atoms with Crippen molar-refractivity contribution in [2.45, 2.75) is 20.0 Å². The number of hydrazine groups is 1. The number of methoxy groups -OCH3 is 1. The molecule has 3 N–H and O–H groups in total. The van der Waals surface area contributed by atoms with E-state index in [1.165, 1.54) is 31.4 Å². The lowest BCUT2D eigenvalue weighted by atomic mass is 10.2. The Morgan fingerprint density at radius 2 is 1.93 bits per heavy atom. The summed E-state index contributed by atoms with van der Waals surface area (Å²) in [6, 6.07) is 8.96. The fourth-order valence-corrected chi connectivity index (χ4v) is 2.52. The maximum Gasteiger partial charge on any atom is 0.269 e. The van der Waals surface area contributed by atoms with Crippen LogP contribution in [0.1, 0.15) is 24.2 Å². The molecule has 0 saturated carbocycles. The van der Waals surface area contributed by atoms with Crippen LogP contribution in [0.2, 0.25) is 5.02 Å². The highest BCUT2D eigenvalue weighted by Crippen LogP contribution is 2.37. The average molecular weight is 412 g/mol. The summed E-state index contributed by atoms with van der Waals surface area (Å²) in [7, 11) is 1.45. The van der Waals surface area contributed by atoms with Gasteiger partial charge in [0, 0.05) is 5.56 Å². The zero-order chi connectivity index (χ0) is 20.0. The molecular formula is C18H19ClFN3O3S. The highest BCUT2D eigenvalue weighted by molar-refractivity contribution is 7.80. The van der Waals surface area contributed by atoms with E-state index < -0.39 is 11.7 Å². The number of thiocarbonyl (C=S) groups is 1. The third-order valence-electron chi connectivity index (χ3n) is 3.26. The second-order valence-corrected chi connectivity index (χ2v) is 6.48. The molecule has 2 rings (SSSR count). The molecule has 0 fully saturated rings. The molecule has 0 radical (unpaired) electrons. The van der Waals surface area contributed by atoms with E-state index in [4.69, 9.17) is 33.3 Å². The SMILES string of the molecule is COc1cc(C(=O)NNC(=S)Nc2ccccc2F)cc(Cl)c1OC(C)C. The number of benzene rings is 2. The first-order valence-electron chi connectivity index (χ1n) is 7.98. The lowest BCUT2D eigenvalue weighted by Gasteiger charge is -2.17. The number of ether oxygens (including phenoxy) is 2. The Bertz CT molecular complexity index is 849. The number of hydrogen-bond acceptors (Lipinski definition) is 4. The van der Waals surface area contributed by atoms with E-state index in [0.29, 0.717) is 11.5 Å². The molecule has 2 aromatic rings. The molecule has 6 nitrogen and oxygen atoms in total. The number of halogens is 2. The van der Waals surface area contributed by atoms with E-state index >= 15 is 0 Å². The average Bonchev–Trinajstić information content (AvgIpc) is 2.62. The molecule has 0 aliphatic carbocycles. The van der Waals surface area contributed by atoms with Gasteiger partial charge in [0.05, 0.1) is 23.9 Å². The van der Waals surface area contributed by atoms with Gasteiger partial charge in [-0.15, -0.1) is 0 Å². The van der Waals surface area contributed by atoms with Gasteiger partial charge in [0.25, 0.3) is 5.91 Å². The molecule has 0 unspecified atom stereocenters. The fourth-order valence-electron chi connectivity index (χ4n) is 2.10. The first-order valence-corrected chi connectivity index (χ1v) is 8.76. The minimum atomic E-state index is -0.510. The number of carbonyl (C=O) groups excluding carboxylic acids is 1. The maximum absolute atomic E-state index is 13.6. The van der Waals surface area contributed by atoms with Crippen molar-refractivity contribution in [2.75, 3.05) is 12.4 Å². The Balaban J connectivity index is 2.04. The van der Waals surface area contributed by atoms with Crippen LogP contribution >= 0.6 is 23.8 Å². The summed E-state index contributed by atoms with van der Waals surface area (Å²) in [6.45, 7) is 3.70.